The molecule has 6 heteroatoms. The van der Waals surface area contributed by atoms with Gasteiger partial charge >= 0.3 is 0 Å². The van der Waals surface area contributed by atoms with Crippen molar-refractivity contribution in [2.24, 2.45) is 0 Å². The largest absolute Gasteiger partial charge is 0.489 e. The third-order valence-corrected chi connectivity index (χ3v) is 4.56. The van der Waals surface area contributed by atoms with Crippen LogP contribution in [0, 0.1) is 13.8 Å². The van der Waals surface area contributed by atoms with E-state index in [1.54, 1.807) is 17.1 Å². The van der Waals surface area contributed by atoms with Crippen LogP contribution >= 0.6 is 11.6 Å². The van der Waals surface area contributed by atoms with Gasteiger partial charge in [-0.05, 0) is 49.6 Å². The number of aryl methyl sites for hydroxylation is 3. The average molecular weight is 398 g/mol. The van der Waals surface area contributed by atoms with Crippen molar-refractivity contribution < 1.29 is 9.53 Å². The van der Waals surface area contributed by atoms with Crippen molar-refractivity contribution >= 4 is 17.5 Å². The van der Waals surface area contributed by atoms with E-state index in [0.29, 0.717) is 30.3 Å². The van der Waals surface area contributed by atoms with E-state index in [9.17, 15) is 4.79 Å². The fraction of sp³-hybridized carbons (Fsp3) is 0.273. The third kappa shape index (κ3) is 5.60. The Morgan fingerprint density at radius 1 is 1.21 bits per heavy atom. The fourth-order valence-corrected chi connectivity index (χ4v) is 3.09. The molecule has 1 N–H and O–H groups in total. The molecular formula is C22H24ClN3O2. The van der Waals surface area contributed by atoms with Crippen LogP contribution in [0.3, 0.4) is 0 Å². The molecule has 1 heterocycles. The molecule has 3 rings (SSSR count). The van der Waals surface area contributed by atoms with Gasteiger partial charge in [-0.25, -0.2) is 0 Å². The molecule has 0 fully saturated rings. The number of nitrogens with one attached hydrogen (secondary N) is 1. The Labute approximate surface area is 170 Å². The van der Waals surface area contributed by atoms with Crippen LogP contribution in [0.2, 0.25) is 5.02 Å². The quantitative estimate of drug-likeness (QED) is 0.567. The van der Waals surface area contributed by atoms with Gasteiger partial charge < -0.3 is 10.1 Å². The molecule has 0 radical (unpaired) electrons. The zero-order valence-electron chi connectivity index (χ0n) is 16.1. The highest BCUT2D eigenvalue weighted by Gasteiger charge is 2.07. The second-order valence-electron chi connectivity index (χ2n) is 6.79. The number of ether oxygens (including phenoxy) is 1. The molecule has 28 heavy (non-hydrogen) atoms. The van der Waals surface area contributed by atoms with Gasteiger partial charge in [-0.2, -0.15) is 5.10 Å². The molecule has 3 aromatic rings. The average Bonchev–Trinajstić information content (AvgIpc) is 3.10. The molecule has 0 aliphatic heterocycles. The van der Waals surface area contributed by atoms with Crippen LogP contribution in [0.25, 0.3) is 0 Å². The van der Waals surface area contributed by atoms with E-state index in [4.69, 9.17) is 16.3 Å². The van der Waals surface area contributed by atoms with Crippen molar-refractivity contribution in [1.82, 2.24) is 15.1 Å². The zero-order chi connectivity index (χ0) is 19.9. The van der Waals surface area contributed by atoms with Crippen LogP contribution in [0.1, 0.15) is 33.5 Å². The third-order valence-electron chi connectivity index (χ3n) is 4.37. The van der Waals surface area contributed by atoms with Gasteiger partial charge in [-0.3, -0.25) is 9.48 Å². The second-order valence-corrected chi connectivity index (χ2v) is 7.23. The summed E-state index contributed by atoms with van der Waals surface area (Å²) in [6, 6.07) is 13.6. The molecule has 0 saturated carbocycles. The number of carbonyl (C=O) groups excluding carboxylic acids is 1. The number of rotatable bonds is 8. The Morgan fingerprint density at radius 3 is 2.82 bits per heavy atom. The molecule has 0 saturated heterocycles. The Morgan fingerprint density at radius 2 is 2.07 bits per heavy atom. The Kier molecular flexibility index (Phi) is 6.71. The molecule has 0 spiro atoms. The lowest BCUT2D eigenvalue weighted by atomic mass is 10.1. The van der Waals surface area contributed by atoms with E-state index in [2.05, 4.69) is 23.4 Å². The van der Waals surface area contributed by atoms with Crippen molar-refractivity contribution in [3.8, 4) is 5.75 Å². The van der Waals surface area contributed by atoms with E-state index in [0.717, 1.165) is 23.3 Å². The normalized spacial score (nSPS) is 10.7. The van der Waals surface area contributed by atoms with Crippen molar-refractivity contribution in [3.05, 3.63) is 82.1 Å². The molecule has 0 aliphatic rings. The summed E-state index contributed by atoms with van der Waals surface area (Å²) in [6.45, 7) is 5.79. The summed E-state index contributed by atoms with van der Waals surface area (Å²) in [5, 5.41) is 7.67. The summed E-state index contributed by atoms with van der Waals surface area (Å²) < 4.78 is 7.67. The molecule has 0 atom stereocenters. The number of halogens is 1. The van der Waals surface area contributed by atoms with Crippen LogP contribution in [0.15, 0.2) is 54.9 Å². The van der Waals surface area contributed by atoms with Gasteiger partial charge in [0.25, 0.3) is 5.91 Å². The summed E-state index contributed by atoms with van der Waals surface area (Å²) in [6.07, 6.45) is 4.15. The number of carbonyl (C=O) groups is 1. The van der Waals surface area contributed by atoms with Crippen LogP contribution in [0.4, 0.5) is 0 Å². The monoisotopic (exact) mass is 397 g/mol. The Hall–Kier alpha value is -2.79. The maximum Gasteiger partial charge on any atom is 0.251 e. The van der Waals surface area contributed by atoms with Gasteiger partial charge in [0.15, 0.2) is 0 Å². The molecule has 1 amide bonds. The van der Waals surface area contributed by atoms with Crippen LogP contribution in [0.5, 0.6) is 5.75 Å². The summed E-state index contributed by atoms with van der Waals surface area (Å²) in [5.41, 5.74) is 3.90. The molecule has 0 unspecified atom stereocenters. The van der Waals surface area contributed by atoms with E-state index in [1.807, 2.05) is 43.3 Å². The van der Waals surface area contributed by atoms with E-state index in [1.165, 1.54) is 5.56 Å². The number of hydrogen-bond acceptors (Lipinski definition) is 3. The SMILES string of the molecule is Cc1ccc(OCc2cccc(C(=O)NCCCn3cc(Cl)cn3)c2)c(C)c1. The highest BCUT2D eigenvalue weighted by Crippen LogP contribution is 2.20. The van der Waals surface area contributed by atoms with Crippen LogP contribution in [-0.2, 0) is 13.2 Å². The maximum absolute atomic E-state index is 12.4. The molecule has 5 nitrogen and oxygen atoms in total. The summed E-state index contributed by atoms with van der Waals surface area (Å²) in [5.74, 6) is 0.769. The standard InChI is InChI=1S/C22H24ClN3O2/c1-16-7-8-21(17(2)11-16)28-15-18-5-3-6-19(12-18)22(27)24-9-4-10-26-14-20(23)13-25-26/h3,5-8,11-14H,4,9-10,15H2,1-2H3,(H,24,27). The van der Waals surface area contributed by atoms with Gasteiger partial charge in [0.2, 0.25) is 0 Å². The predicted molar refractivity (Wildman–Crippen MR) is 111 cm³/mol. The first-order valence-corrected chi connectivity index (χ1v) is 9.64. The number of nitrogens with zero attached hydrogens (tertiary/aromatic N) is 2. The minimum Gasteiger partial charge on any atom is -0.489 e. The van der Waals surface area contributed by atoms with Gasteiger partial charge in [0.1, 0.15) is 12.4 Å². The molecule has 146 valence electrons. The minimum absolute atomic E-state index is 0.0909. The Balaban J connectivity index is 1.49. The van der Waals surface area contributed by atoms with Crippen LogP contribution < -0.4 is 10.1 Å². The highest BCUT2D eigenvalue weighted by atomic mass is 35.5. The fourth-order valence-electron chi connectivity index (χ4n) is 2.93. The van der Waals surface area contributed by atoms with Gasteiger partial charge in [-0.1, -0.05) is 41.4 Å². The van der Waals surface area contributed by atoms with Crippen molar-refractivity contribution in [2.45, 2.75) is 33.4 Å². The summed E-state index contributed by atoms with van der Waals surface area (Å²) in [4.78, 5) is 12.4. The van der Waals surface area contributed by atoms with E-state index < -0.39 is 0 Å². The zero-order valence-corrected chi connectivity index (χ0v) is 16.9. The smallest absolute Gasteiger partial charge is 0.251 e. The first-order valence-electron chi connectivity index (χ1n) is 9.26. The van der Waals surface area contributed by atoms with Gasteiger partial charge in [-0.15, -0.1) is 0 Å². The predicted octanol–water partition coefficient (Wildman–Crippen LogP) is 4.55. The summed E-state index contributed by atoms with van der Waals surface area (Å²) in [7, 11) is 0. The van der Waals surface area contributed by atoms with Crippen LogP contribution in [-0.4, -0.2) is 22.2 Å². The highest BCUT2D eigenvalue weighted by molar-refractivity contribution is 6.30. The lowest BCUT2D eigenvalue weighted by Crippen LogP contribution is -2.25. The molecule has 2 aromatic carbocycles. The number of benzene rings is 2. The molecule has 1 aromatic heterocycles. The van der Waals surface area contributed by atoms with Crippen molar-refractivity contribution in [1.29, 1.82) is 0 Å². The summed E-state index contributed by atoms with van der Waals surface area (Å²) >= 11 is 5.84. The van der Waals surface area contributed by atoms with E-state index in [-0.39, 0.29) is 5.91 Å². The maximum atomic E-state index is 12.4. The number of amides is 1. The Bertz CT molecular complexity index is 952. The van der Waals surface area contributed by atoms with E-state index >= 15 is 0 Å². The number of aromatic nitrogens is 2. The lowest BCUT2D eigenvalue weighted by Gasteiger charge is -2.11. The topological polar surface area (TPSA) is 56.1 Å². The minimum atomic E-state index is -0.0909. The molecule has 0 aliphatic carbocycles. The van der Waals surface area contributed by atoms with Crippen molar-refractivity contribution in [3.63, 3.8) is 0 Å². The number of hydrogen-bond donors (Lipinski definition) is 1. The first kappa shape index (κ1) is 20.0. The van der Waals surface area contributed by atoms with Gasteiger partial charge in [0, 0.05) is 24.8 Å². The first-order chi connectivity index (χ1) is 13.5. The molecular weight excluding hydrogens is 374 g/mol. The second kappa shape index (κ2) is 9.42. The van der Waals surface area contributed by atoms with Gasteiger partial charge in [0.05, 0.1) is 11.2 Å². The van der Waals surface area contributed by atoms with Crippen molar-refractivity contribution in [2.75, 3.05) is 6.54 Å². The molecule has 0 bridgehead atoms. The lowest BCUT2D eigenvalue weighted by molar-refractivity contribution is 0.0952.